The minimum atomic E-state index is -0.588. The maximum atomic E-state index is 12.6. The first kappa shape index (κ1) is 17.0. The molecule has 130 valence electrons. The average Bonchev–Trinajstić information content (AvgIpc) is 2.99. The van der Waals surface area contributed by atoms with Crippen molar-refractivity contribution in [3.05, 3.63) is 35.9 Å². The van der Waals surface area contributed by atoms with Crippen molar-refractivity contribution in [1.82, 2.24) is 4.90 Å². The lowest BCUT2D eigenvalue weighted by atomic mass is 9.84. The summed E-state index contributed by atoms with van der Waals surface area (Å²) in [5.41, 5.74) is 6.77. The lowest BCUT2D eigenvalue weighted by Crippen LogP contribution is -2.52. The molecule has 4 atom stereocenters. The molecule has 5 heteroatoms. The van der Waals surface area contributed by atoms with E-state index in [0.29, 0.717) is 12.3 Å². The molecule has 1 aromatic rings. The minimum absolute atomic E-state index is 0.133. The van der Waals surface area contributed by atoms with Crippen LogP contribution in [-0.4, -0.2) is 34.9 Å². The van der Waals surface area contributed by atoms with Gasteiger partial charge in [0.25, 0.3) is 0 Å². The van der Waals surface area contributed by atoms with Crippen LogP contribution in [-0.2, 0) is 20.9 Å². The molecule has 0 spiro atoms. The van der Waals surface area contributed by atoms with Gasteiger partial charge in [0.1, 0.15) is 12.6 Å². The molecule has 0 bridgehead atoms. The first-order valence-electron chi connectivity index (χ1n) is 8.86. The zero-order valence-corrected chi connectivity index (χ0v) is 14.2. The summed E-state index contributed by atoms with van der Waals surface area (Å²) in [6, 6.07) is 8.68. The molecular formula is C19H26N2O3. The van der Waals surface area contributed by atoms with Gasteiger partial charge in [-0.1, -0.05) is 43.2 Å². The molecule has 1 heterocycles. The Hall–Kier alpha value is -1.88. The monoisotopic (exact) mass is 330 g/mol. The minimum Gasteiger partial charge on any atom is -0.459 e. The Kier molecular flexibility index (Phi) is 5.19. The molecule has 1 aliphatic heterocycles. The Morgan fingerprint density at radius 3 is 2.67 bits per heavy atom. The van der Waals surface area contributed by atoms with Crippen LogP contribution in [0.3, 0.4) is 0 Å². The fraction of sp³-hybridized carbons (Fsp3) is 0.579. The van der Waals surface area contributed by atoms with Gasteiger partial charge >= 0.3 is 5.97 Å². The van der Waals surface area contributed by atoms with Crippen LogP contribution in [0.5, 0.6) is 0 Å². The Labute approximate surface area is 143 Å². The molecule has 1 saturated carbocycles. The zero-order chi connectivity index (χ0) is 17.1. The number of likely N-dealkylation sites (tertiary alicyclic amines) is 1. The molecule has 2 unspecified atom stereocenters. The standard InChI is InChI=1S/C19H26N2O3/c1-13(20)18(22)21-16-10-6-5-9-15(16)11-17(21)19(23)24-12-14-7-3-2-4-8-14/h2-4,7-8,13,15-17H,5-6,9-12,20H2,1H3/t13-,15?,16?,17-/m0/s1. The van der Waals surface area contributed by atoms with Gasteiger partial charge in [0, 0.05) is 6.04 Å². The van der Waals surface area contributed by atoms with E-state index in [4.69, 9.17) is 10.5 Å². The molecule has 0 radical (unpaired) electrons. The number of ether oxygens (including phenoxy) is 1. The van der Waals surface area contributed by atoms with Crippen LogP contribution in [0.1, 0.15) is 44.6 Å². The average molecular weight is 330 g/mol. The van der Waals surface area contributed by atoms with E-state index in [9.17, 15) is 9.59 Å². The highest BCUT2D eigenvalue weighted by Gasteiger charge is 2.48. The normalized spacial score (nSPS) is 27.4. The molecular weight excluding hydrogens is 304 g/mol. The Balaban J connectivity index is 1.71. The summed E-state index contributed by atoms with van der Waals surface area (Å²) in [6.07, 6.45) is 5.03. The smallest absolute Gasteiger partial charge is 0.329 e. The largest absolute Gasteiger partial charge is 0.459 e. The Morgan fingerprint density at radius 2 is 1.96 bits per heavy atom. The van der Waals surface area contributed by atoms with Crippen molar-refractivity contribution in [2.24, 2.45) is 11.7 Å². The number of fused-ring (bicyclic) bond motifs is 1. The van der Waals surface area contributed by atoms with Gasteiger partial charge < -0.3 is 15.4 Å². The highest BCUT2D eigenvalue weighted by molar-refractivity contribution is 5.88. The number of nitrogens with two attached hydrogens (primary N) is 1. The van der Waals surface area contributed by atoms with E-state index >= 15 is 0 Å². The summed E-state index contributed by atoms with van der Waals surface area (Å²) >= 11 is 0. The molecule has 0 aromatic heterocycles. The van der Waals surface area contributed by atoms with Crippen molar-refractivity contribution < 1.29 is 14.3 Å². The molecule has 2 aliphatic rings. The predicted octanol–water partition coefficient (Wildman–Crippen LogP) is 2.24. The number of esters is 1. The van der Waals surface area contributed by atoms with Crippen molar-refractivity contribution >= 4 is 11.9 Å². The number of amides is 1. The van der Waals surface area contributed by atoms with Crippen LogP contribution in [0, 0.1) is 5.92 Å². The predicted molar refractivity (Wildman–Crippen MR) is 90.9 cm³/mol. The van der Waals surface area contributed by atoms with Gasteiger partial charge in [0.15, 0.2) is 0 Å². The summed E-state index contributed by atoms with van der Waals surface area (Å²) in [6.45, 7) is 1.93. The topological polar surface area (TPSA) is 72.6 Å². The zero-order valence-electron chi connectivity index (χ0n) is 14.2. The van der Waals surface area contributed by atoms with E-state index in [-0.39, 0.29) is 24.5 Å². The van der Waals surface area contributed by atoms with Crippen LogP contribution >= 0.6 is 0 Å². The maximum Gasteiger partial charge on any atom is 0.329 e. The molecule has 3 rings (SSSR count). The Bertz CT molecular complexity index is 588. The summed E-state index contributed by atoms with van der Waals surface area (Å²) in [4.78, 5) is 27.0. The van der Waals surface area contributed by atoms with Gasteiger partial charge in [-0.15, -0.1) is 0 Å². The van der Waals surface area contributed by atoms with Crippen LogP contribution in [0.4, 0.5) is 0 Å². The maximum absolute atomic E-state index is 12.6. The summed E-state index contributed by atoms with van der Waals surface area (Å²) < 4.78 is 5.50. The second-order valence-corrected chi connectivity index (χ2v) is 6.99. The second-order valence-electron chi connectivity index (χ2n) is 6.99. The van der Waals surface area contributed by atoms with E-state index in [1.54, 1.807) is 11.8 Å². The molecule has 1 aliphatic carbocycles. The highest BCUT2D eigenvalue weighted by Crippen LogP contribution is 2.40. The molecule has 5 nitrogen and oxygen atoms in total. The van der Waals surface area contributed by atoms with Gasteiger partial charge in [-0.2, -0.15) is 0 Å². The fourth-order valence-electron chi connectivity index (χ4n) is 4.05. The summed E-state index contributed by atoms with van der Waals surface area (Å²) in [7, 11) is 0. The number of hydrogen-bond acceptors (Lipinski definition) is 4. The van der Waals surface area contributed by atoms with E-state index in [1.807, 2.05) is 30.3 Å². The third-order valence-electron chi connectivity index (χ3n) is 5.23. The lowest BCUT2D eigenvalue weighted by molar-refractivity contribution is -0.156. The van der Waals surface area contributed by atoms with Crippen molar-refractivity contribution in [3.63, 3.8) is 0 Å². The fourth-order valence-corrected chi connectivity index (χ4v) is 4.05. The van der Waals surface area contributed by atoms with Gasteiger partial charge in [-0.3, -0.25) is 4.79 Å². The van der Waals surface area contributed by atoms with Gasteiger partial charge in [0.2, 0.25) is 5.91 Å². The van der Waals surface area contributed by atoms with Gasteiger partial charge in [-0.25, -0.2) is 4.79 Å². The Morgan fingerprint density at radius 1 is 1.25 bits per heavy atom. The summed E-state index contributed by atoms with van der Waals surface area (Å²) in [5.74, 6) is -0.0379. The first-order chi connectivity index (χ1) is 11.6. The molecule has 1 amide bonds. The van der Waals surface area contributed by atoms with Crippen molar-refractivity contribution in [1.29, 1.82) is 0 Å². The SMILES string of the molecule is C[C@H](N)C(=O)N1C2CCCCC2C[C@H]1C(=O)OCc1ccccc1. The second kappa shape index (κ2) is 7.34. The molecule has 24 heavy (non-hydrogen) atoms. The molecule has 1 aromatic carbocycles. The first-order valence-corrected chi connectivity index (χ1v) is 8.86. The number of carbonyl (C=O) groups is 2. The van der Waals surface area contributed by atoms with Crippen LogP contribution in [0.25, 0.3) is 0 Å². The third kappa shape index (κ3) is 3.46. The van der Waals surface area contributed by atoms with E-state index < -0.39 is 12.1 Å². The van der Waals surface area contributed by atoms with E-state index in [0.717, 1.165) is 24.8 Å². The number of nitrogens with zero attached hydrogens (tertiary/aromatic N) is 1. The number of carbonyl (C=O) groups excluding carboxylic acids is 2. The third-order valence-corrected chi connectivity index (χ3v) is 5.23. The highest BCUT2D eigenvalue weighted by atomic mass is 16.5. The van der Waals surface area contributed by atoms with Crippen LogP contribution in [0.2, 0.25) is 0 Å². The van der Waals surface area contributed by atoms with Gasteiger partial charge in [-0.05, 0) is 37.7 Å². The van der Waals surface area contributed by atoms with Gasteiger partial charge in [0.05, 0.1) is 6.04 Å². The van der Waals surface area contributed by atoms with Crippen molar-refractivity contribution in [2.75, 3.05) is 0 Å². The summed E-state index contributed by atoms with van der Waals surface area (Å²) in [5, 5.41) is 0. The van der Waals surface area contributed by atoms with Crippen molar-refractivity contribution in [3.8, 4) is 0 Å². The van der Waals surface area contributed by atoms with E-state index in [1.165, 1.54) is 6.42 Å². The number of benzene rings is 1. The quantitative estimate of drug-likeness (QED) is 0.859. The molecule has 2 fully saturated rings. The van der Waals surface area contributed by atoms with Crippen molar-refractivity contribution in [2.45, 2.75) is 63.8 Å². The van der Waals surface area contributed by atoms with Crippen LogP contribution in [0.15, 0.2) is 30.3 Å². The molecule has 2 N–H and O–H groups in total. The molecule has 1 saturated heterocycles. The number of rotatable bonds is 4. The van der Waals surface area contributed by atoms with Crippen LogP contribution < -0.4 is 5.73 Å². The number of hydrogen-bond donors (Lipinski definition) is 1. The van der Waals surface area contributed by atoms with E-state index in [2.05, 4.69) is 0 Å². The lowest BCUT2D eigenvalue weighted by Gasteiger charge is -2.34.